The van der Waals surface area contributed by atoms with Crippen molar-refractivity contribution in [3.05, 3.63) is 47.0 Å². The monoisotopic (exact) mass is 244 g/mol. The van der Waals surface area contributed by atoms with Gasteiger partial charge in [0.25, 0.3) is 5.91 Å². The largest absolute Gasteiger partial charge is 0.352 e. The van der Waals surface area contributed by atoms with E-state index in [1.807, 2.05) is 13.8 Å². The normalized spacial score (nSPS) is 10.3. The van der Waals surface area contributed by atoms with Crippen molar-refractivity contribution in [1.82, 2.24) is 20.5 Å². The SMILES string of the molecule is Cc1n[nH]c(C)c1CCNC(=O)c1cccnc1. The molecule has 0 aliphatic carbocycles. The number of amides is 1. The molecule has 0 radical (unpaired) electrons. The Morgan fingerprint density at radius 3 is 2.89 bits per heavy atom. The summed E-state index contributed by atoms with van der Waals surface area (Å²) < 4.78 is 0. The maximum atomic E-state index is 11.8. The van der Waals surface area contributed by atoms with Crippen molar-refractivity contribution in [3.63, 3.8) is 0 Å². The van der Waals surface area contributed by atoms with Crippen LogP contribution in [-0.2, 0) is 6.42 Å². The zero-order valence-electron chi connectivity index (χ0n) is 10.5. The van der Waals surface area contributed by atoms with Crippen molar-refractivity contribution in [2.24, 2.45) is 0 Å². The molecule has 18 heavy (non-hydrogen) atoms. The van der Waals surface area contributed by atoms with Gasteiger partial charge in [-0.15, -0.1) is 0 Å². The van der Waals surface area contributed by atoms with Gasteiger partial charge in [0.05, 0.1) is 11.3 Å². The van der Waals surface area contributed by atoms with Crippen LogP contribution in [0.5, 0.6) is 0 Å². The van der Waals surface area contributed by atoms with Crippen LogP contribution in [-0.4, -0.2) is 27.6 Å². The maximum Gasteiger partial charge on any atom is 0.252 e. The van der Waals surface area contributed by atoms with Gasteiger partial charge < -0.3 is 5.32 Å². The smallest absolute Gasteiger partial charge is 0.252 e. The topological polar surface area (TPSA) is 70.7 Å². The van der Waals surface area contributed by atoms with Crippen molar-refractivity contribution >= 4 is 5.91 Å². The van der Waals surface area contributed by atoms with E-state index in [1.54, 1.807) is 24.5 Å². The fourth-order valence-electron chi connectivity index (χ4n) is 1.84. The summed E-state index contributed by atoms with van der Waals surface area (Å²) in [6.07, 6.45) is 3.98. The molecule has 5 nitrogen and oxygen atoms in total. The van der Waals surface area contributed by atoms with Crippen molar-refractivity contribution < 1.29 is 4.79 Å². The lowest BCUT2D eigenvalue weighted by molar-refractivity contribution is 0.0953. The van der Waals surface area contributed by atoms with Crippen LogP contribution < -0.4 is 5.32 Å². The van der Waals surface area contributed by atoms with Crippen LogP contribution in [0.25, 0.3) is 0 Å². The zero-order valence-corrected chi connectivity index (χ0v) is 10.5. The molecule has 0 saturated heterocycles. The lowest BCUT2D eigenvalue weighted by atomic mass is 10.1. The van der Waals surface area contributed by atoms with E-state index in [1.165, 1.54) is 5.56 Å². The molecule has 0 aliphatic rings. The highest BCUT2D eigenvalue weighted by molar-refractivity contribution is 5.93. The summed E-state index contributed by atoms with van der Waals surface area (Å²) in [4.78, 5) is 15.7. The van der Waals surface area contributed by atoms with Gasteiger partial charge in [-0.05, 0) is 38.0 Å². The Balaban J connectivity index is 1.88. The van der Waals surface area contributed by atoms with Crippen molar-refractivity contribution in [2.75, 3.05) is 6.54 Å². The Hall–Kier alpha value is -2.17. The number of hydrogen-bond acceptors (Lipinski definition) is 3. The van der Waals surface area contributed by atoms with Gasteiger partial charge in [0.15, 0.2) is 0 Å². The van der Waals surface area contributed by atoms with Crippen LogP contribution >= 0.6 is 0 Å². The van der Waals surface area contributed by atoms with Gasteiger partial charge >= 0.3 is 0 Å². The molecule has 0 spiro atoms. The minimum absolute atomic E-state index is 0.0955. The first-order valence-corrected chi connectivity index (χ1v) is 5.87. The number of carbonyl (C=O) groups excluding carboxylic acids is 1. The van der Waals surface area contributed by atoms with Crippen LogP contribution in [0.3, 0.4) is 0 Å². The number of aromatic amines is 1. The average molecular weight is 244 g/mol. The predicted octanol–water partition coefficient (Wildman–Crippen LogP) is 1.39. The molecule has 2 rings (SSSR count). The molecular formula is C13H16N4O. The molecule has 0 aromatic carbocycles. The van der Waals surface area contributed by atoms with Crippen LogP contribution in [0.4, 0.5) is 0 Å². The third kappa shape index (κ3) is 2.74. The van der Waals surface area contributed by atoms with E-state index in [0.29, 0.717) is 12.1 Å². The lowest BCUT2D eigenvalue weighted by Crippen LogP contribution is -2.25. The molecule has 94 valence electrons. The summed E-state index contributed by atoms with van der Waals surface area (Å²) in [5.74, 6) is -0.0955. The first-order chi connectivity index (χ1) is 8.68. The summed E-state index contributed by atoms with van der Waals surface area (Å²) in [5, 5.41) is 9.93. The summed E-state index contributed by atoms with van der Waals surface area (Å²) in [7, 11) is 0. The van der Waals surface area contributed by atoms with Gasteiger partial charge in [0, 0.05) is 24.6 Å². The lowest BCUT2D eigenvalue weighted by Gasteiger charge is -2.05. The maximum absolute atomic E-state index is 11.8. The molecule has 0 saturated carbocycles. The minimum atomic E-state index is -0.0955. The van der Waals surface area contributed by atoms with Crippen molar-refractivity contribution in [2.45, 2.75) is 20.3 Å². The first-order valence-electron chi connectivity index (χ1n) is 5.87. The number of hydrogen-bond donors (Lipinski definition) is 2. The summed E-state index contributed by atoms with van der Waals surface area (Å²) >= 11 is 0. The number of carbonyl (C=O) groups is 1. The molecule has 2 aromatic rings. The Kier molecular flexibility index (Phi) is 3.72. The minimum Gasteiger partial charge on any atom is -0.352 e. The highest BCUT2D eigenvalue weighted by Crippen LogP contribution is 2.09. The molecule has 1 amide bonds. The van der Waals surface area contributed by atoms with E-state index < -0.39 is 0 Å². The van der Waals surface area contributed by atoms with E-state index in [-0.39, 0.29) is 5.91 Å². The highest BCUT2D eigenvalue weighted by atomic mass is 16.1. The second-order valence-electron chi connectivity index (χ2n) is 4.16. The highest BCUT2D eigenvalue weighted by Gasteiger charge is 2.08. The van der Waals surface area contributed by atoms with Gasteiger partial charge in [-0.2, -0.15) is 5.10 Å². The van der Waals surface area contributed by atoms with E-state index in [9.17, 15) is 4.79 Å². The first kappa shape index (κ1) is 12.3. The Labute approximate surface area is 106 Å². The fraction of sp³-hybridized carbons (Fsp3) is 0.308. The summed E-state index contributed by atoms with van der Waals surface area (Å²) in [6.45, 7) is 4.54. The number of aryl methyl sites for hydroxylation is 2. The Bertz CT molecular complexity index is 514. The van der Waals surface area contributed by atoms with Gasteiger partial charge in [0.1, 0.15) is 0 Å². The number of rotatable bonds is 4. The predicted molar refractivity (Wildman–Crippen MR) is 68.3 cm³/mol. The molecule has 0 fully saturated rings. The van der Waals surface area contributed by atoms with E-state index >= 15 is 0 Å². The van der Waals surface area contributed by atoms with Gasteiger partial charge in [-0.3, -0.25) is 14.9 Å². The fourth-order valence-corrected chi connectivity index (χ4v) is 1.84. The molecule has 0 atom stereocenters. The number of nitrogens with zero attached hydrogens (tertiary/aromatic N) is 2. The van der Waals surface area contributed by atoms with E-state index in [4.69, 9.17) is 0 Å². The number of nitrogens with one attached hydrogen (secondary N) is 2. The third-order valence-electron chi connectivity index (χ3n) is 2.86. The average Bonchev–Trinajstić information content (AvgIpc) is 2.71. The van der Waals surface area contributed by atoms with Crippen molar-refractivity contribution in [1.29, 1.82) is 0 Å². The van der Waals surface area contributed by atoms with Crippen LogP contribution in [0, 0.1) is 13.8 Å². The molecule has 2 N–H and O–H groups in total. The Morgan fingerprint density at radius 1 is 1.44 bits per heavy atom. The molecule has 0 bridgehead atoms. The molecule has 0 unspecified atom stereocenters. The van der Waals surface area contributed by atoms with Gasteiger partial charge in [0.2, 0.25) is 0 Å². The summed E-state index contributed by atoms with van der Waals surface area (Å²) in [5.41, 5.74) is 3.80. The van der Waals surface area contributed by atoms with Crippen molar-refractivity contribution in [3.8, 4) is 0 Å². The number of H-pyrrole nitrogens is 1. The van der Waals surface area contributed by atoms with E-state index in [2.05, 4.69) is 20.5 Å². The second-order valence-corrected chi connectivity index (χ2v) is 4.16. The molecule has 5 heteroatoms. The standard InChI is InChI=1S/C13H16N4O/c1-9-12(10(2)17-16-9)5-7-15-13(18)11-4-3-6-14-8-11/h3-4,6,8H,5,7H2,1-2H3,(H,15,18)(H,16,17). The zero-order chi connectivity index (χ0) is 13.0. The molecular weight excluding hydrogens is 228 g/mol. The van der Waals surface area contributed by atoms with E-state index in [0.717, 1.165) is 17.8 Å². The van der Waals surface area contributed by atoms with Crippen LogP contribution in [0.2, 0.25) is 0 Å². The van der Waals surface area contributed by atoms with Crippen LogP contribution in [0.15, 0.2) is 24.5 Å². The second kappa shape index (κ2) is 5.44. The quantitative estimate of drug-likeness (QED) is 0.854. The molecule has 2 aromatic heterocycles. The third-order valence-corrected chi connectivity index (χ3v) is 2.86. The number of aromatic nitrogens is 3. The van der Waals surface area contributed by atoms with Gasteiger partial charge in [-0.25, -0.2) is 0 Å². The molecule has 2 heterocycles. The molecule has 0 aliphatic heterocycles. The Morgan fingerprint density at radius 2 is 2.28 bits per heavy atom. The van der Waals surface area contributed by atoms with Crippen LogP contribution in [0.1, 0.15) is 27.3 Å². The van der Waals surface area contributed by atoms with Gasteiger partial charge in [-0.1, -0.05) is 0 Å². The summed E-state index contributed by atoms with van der Waals surface area (Å²) in [6, 6.07) is 3.50. The number of pyridine rings is 1.